The highest BCUT2D eigenvalue weighted by Crippen LogP contribution is 2.53. The second kappa shape index (κ2) is 9.05. The third kappa shape index (κ3) is 4.24. The first-order valence-electron chi connectivity index (χ1n) is 12.3. The minimum atomic E-state index is -0.567. The van der Waals surface area contributed by atoms with Gasteiger partial charge in [-0.1, -0.05) is 12.5 Å². The molecule has 1 aromatic heterocycles. The number of carbonyl (C=O) groups excluding carboxylic acids is 1. The van der Waals surface area contributed by atoms with Crippen LogP contribution in [0.25, 0.3) is 0 Å². The molecule has 36 heavy (non-hydrogen) atoms. The van der Waals surface area contributed by atoms with Crippen LogP contribution in [-0.2, 0) is 14.9 Å². The number of amides is 1. The molecule has 186 valence electrons. The normalized spacial score (nSPS) is 19.6. The van der Waals surface area contributed by atoms with E-state index in [1.807, 2.05) is 41.3 Å². The van der Waals surface area contributed by atoms with Crippen molar-refractivity contribution in [3.8, 4) is 5.75 Å². The lowest BCUT2D eigenvalue weighted by molar-refractivity contribution is -0.116. The highest BCUT2D eigenvalue weighted by atomic mass is 19.1. The third-order valence-electron chi connectivity index (χ3n) is 7.32. The molecule has 1 saturated carbocycles. The van der Waals surface area contributed by atoms with Crippen LogP contribution in [0, 0.1) is 5.82 Å². The van der Waals surface area contributed by atoms with Crippen LogP contribution >= 0.6 is 0 Å². The first-order valence-corrected chi connectivity index (χ1v) is 12.3. The molecular weight excluding hydrogens is 461 g/mol. The first kappa shape index (κ1) is 22.7. The maximum absolute atomic E-state index is 14.6. The molecule has 2 aliphatic heterocycles. The Balaban J connectivity index is 1.18. The van der Waals surface area contributed by atoms with Crippen molar-refractivity contribution < 1.29 is 18.7 Å². The molecule has 1 saturated heterocycles. The Bertz CT molecular complexity index is 1290. The van der Waals surface area contributed by atoms with Crippen LogP contribution in [0.15, 0.2) is 48.7 Å². The van der Waals surface area contributed by atoms with E-state index in [4.69, 9.17) is 9.47 Å². The number of nitrogens with one attached hydrogen (secondary N) is 2. The first-order chi connectivity index (χ1) is 17.5. The van der Waals surface area contributed by atoms with Crippen molar-refractivity contribution in [1.29, 1.82) is 0 Å². The summed E-state index contributed by atoms with van der Waals surface area (Å²) < 4.78 is 25.8. The summed E-state index contributed by atoms with van der Waals surface area (Å²) in [5.41, 5.74) is 3.59. The van der Waals surface area contributed by atoms with Crippen LogP contribution < -0.4 is 20.3 Å². The van der Waals surface area contributed by atoms with E-state index in [0.29, 0.717) is 12.3 Å². The average molecular weight is 490 g/mol. The zero-order chi connectivity index (χ0) is 24.7. The summed E-state index contributed by atoms with van der Waals surface area (Å²) in [5, 5.41) is 6.17. The van der Waals surface area contributed by atoms with Gasteiger partial charge in [0, 0.05) is 42.4 Å². The molecule has 1 spiro atoms. The predicted octanol–water partition coefficient (Wildman–Crippen LogP) is 5.06. The Hall–Kier alpha value is -3.72. The Morgan fingerprint density at radius 1 is 1.17 bits per heavy atom. The Labute approximate surface area is 208 Å². The fourth-order valence-electron chi connectivity index (χ4n) is 5.26. The molecule has 2 N–H and O–H groups in total. The third-order valence-corrected chi connectivity index (χ3v) is 7.32. The highest BCUT2D eigenvalue weighted by molar-refractivity contribution is 5.95. The molecule has 1 atom stereocenters. The molecule has 3 heterocycles. The standard InChI is InChI=1S/C27H28FN5O3/c1-17(34)33-16-27(10-2-11-27)22-8-5-19(13-24(22)33)30-25-23(28)14-29-26(32-25)31-18-3-6-20(7-4-18)36-21-9-12-35-15-21/h3-8,13-14,21H,2,9-12,15-16H2,1H3,(H2,29,30,31,32). The van der Waals surface area contributed by atoms with Crippen molar-refractivity contribution in [2.45, 2.75) is 44.1 Å². The maximum Gasteiger partial charge on any atom is 0.229 e. The van der Waals surface area contributed by atoms with Crippen molar-refractivity contribution in [1.82, 2.24) is 9.97 Å². The van der Waals surface area contributed by atoms with Gasteiger partial charge in [0.1, 0.15) is 11.9 Å². The summed E-state index contributed by atoms with van der Waals surface area (Å²) in [4.78, 5) is 22.5. The van der Waals surface area contributed by atoms with Crippen LogP contribution in [0.4, 0.5) is 33.2 Å². The minimum absolute atomic E-state index is 0.0184. The lowest BCUT2D eigenvalue weighted by Crippen LogP contribution is -2.40. The van der Waals surface area contributed by atoms with Crippen molar-refractivity contribution in [2.75, 3.05) is 35.3 Å². The van der Waals surface area contributed by atoms with E-state index in [2.05, 4.69) is 26.7 Å². The maximum atomic E-state index is 14.6. The zero-order valence-electron chi connectivity index (χ0n) is 20.1. The van der Waals surface area contributed by atoms with Crippen molar-refractivity contribution in [3.05, 3.63) is 60.0 Å². The number of hydrogen-bond acceptors (Lipinski definition) is 7. The number of halogens is 1. The van der Waals surface area contributed by atoms with Gasteiger partial charge in [0.05, 0.1) is 19.4 Å². The van der Waals surface area contributed by atoms with Gasteiger partial charge in [-0.2, -0.15) is 4.98 Å². The van der Waals surface area contributed by atoms with E-state index in [9.17, 15) is 9.18 Å². The van der Waals surface area contributed by atoms with Crippen LogP contribution in [0.2, 0.25) is 0 Å². The molecule has 3 aliphatic rings. The van der Waals surface area contributed by atoms with Crippen LogP contribution in [0.1, 0.15) is 38.2 Å². The minimum Gasteiger partial charge on any atom is -0.488 e. The molecule has 1 unspecified atom stereocenters. The number of aromatic nitrogens is 2. The van der Waals surface area contributed by atoms with E-state index in [-0.39, 0.29) is 29.2 Å². The van der Waals surface area contributed by atoms with Gasteiger partial charge in [-0.3, -0.25) is 4.79 Å². The van der Waals surface area contributed by atoms with E-state index in [0.717, 1.165) is 55.7 Å². The zero-order valence-corrected chi connectivity index (χ0v) is 20.1. The summed E-state index contributed by atoms with van der Waals surface area (Å²) in [6.07, 6.45) is 5.46. The van der Waals surface area contributed by atoms with Gasteiger partial charge in [0.15, 0.2) is 11.6 Å². The van der Waals surface area contributed by atoms with Crippen LogP contribution in [-0.4, -0.2) is 41.7 Å². The number of nitrogens with zero attached hydrogens (tertiary/aromatic N) is 3. The van der Waals surface area contributed by atoms with E-state index < -0.39 is 5.82 Å². The Morgan fingerprint density at radius 2 is 1.97 bits per heavy atom. The quantitative estimate of drug-likeness (QED) is 0.500. The number of ether oxygens (including phenoxy) is 2. The summed E-state index contributed by atoms with van der Waals surface area (Å²) >= 11 is 0. The number of hydrogen-bond donors (Lipinski definition) is 2. The molecule has 0 radical (unpaired) electrons. The van der Waals surface area contributed by atoms with Gasteiger partial charge >= 0.3 is 0 Å². The van der Waals surface area contributed by atoms with E-state index >= 15 is 0 Å². The summed E-state index contributed by atoms with van der Waals surface area (Å²) in [6.45, 7) is 3.64. The number of rotatable bonds is 6. The molecule has 8 nitrogen and oxygen atoms in total. The Kier molecular flexibility index (Phi) is 5.72. The molecule has 6 rings (SSSR count). The second-order valence-corrected chi connectivity index (χ2v) is 9.74. The van der Waals surface area contributed by atoms with Crippen LogP contribution in [0.3, 0.4) is 0 Å². The lowest BCUT2D eigenvalue weighted by atomic mass is 9.66. The topological polar surface area (TPSA) is 88.6 Å². The van der Waals surface area contributed by atoms with Crippen molar-refractivity contribution in [3.63, 3.8) is 0 Å². The summed E-state index contributed by atoms with van der Waals surface area (Å²) in [6, 6.07) is 13.3. The Morgan fingerprint density at radius 3 is 2.67 bits per heavy atom. The molecule has 9 heteroatoms. The molecular formula is C27H28FN5O3. The second-order valence-electron chi connectivity index (χ2n) is 9.74. The lowest BCUT2D eigenvalue weighted by Gasteiger charge is -2.38. The molecule has 1 amide bonds. The van der Waals surface area contributed by atoms with Gasteiger partial charge < -0.3 is 25.0 Å². The molecule has 3 aromatic rings. The molecule has 2 fully saturated rings. The number of carbonyl (C=O) groups is 1. The summed E-state index contributed by atoms with van der Waals surface area (Å²) in [7, 11) is 0. The molecule has 2 aromatic carbocycles. The van der Waals surface area contributed by atoms with Crippen molar-refractivity contribution >= 4 is 34.7 Å². The summed E-state index contributed by atoms with van der Waals surface area (Å²) in [5.74, 6) is 0.529. The van der Waals surface area contributed by atoms with E-state index in [1.54, 1.807) is 6.92 Å². The number of benzene rings is 2. The van der Waals surface area contributed by atoms with Gasteiger partial charge in [0.2, 0.25) is 11.9 Å². The van der Waals surface area contributed by atoms with Gasteiger partial charge in [-0.05, 0) is 54.8 Å². The van der Waals surface area contributed by atoms with Crippen LogP contribution in [0.5, 0.6) is 5.75 Å². The van der Waals surface area contributed by atoms with Gasteiger partial charge in [0.25, 0.3) is 0 Å². The fourth-order valence-corrected chi connectivity index (χ4v) is 5.26. The molecule has 0 bridgehead atoms. The highest BCUT2D eigenvalue weighted by Gasteiger charge is 2.47. The average Bonchev–Trinajstić information content (AvgIpc) is 3.48. The monoisotopic (exact) mass is 489 g/mol. The fraction of sp³-hybridized carbons (Fsp3) is 0.370. The number of fused-ring (bicyclic) bond motifs is 2. The largest absolute Gasteiger partial charge is 0.488 e. The van der Waals surface area contributed by atoms with Crippen molar-refractivity contribution in [2.24, 2.45) is 0 Å². The molecule has 1 aliphatic carbocycles. The van der Waals surface area contributed by atoms with Gasteiger partial charge in [-0.25, -0.2) is 9.37 Å². The number of anilines is 5. The SMILES string of the molecule is CC(=O)N1CC2(CCC2)c2ccc(Nc3nc(Nc4ccc(OC5CCOC5)cc4)ncc3F)cc21. The smallest absolute Gasteiger partial charge is 0.229 e. The van der Waals surface area contributed by atoms with Gasteiger partial charge in [-0.15, -0.1) is 0 Å². The predicted molar refractivity (Wildman–Crippen MR) is 135 cm³/mol. The van der Waals surface area contributed by atoms with E-state index in [1.165, 1.54) is 12.0 Å².